The van der Waals surface area contributed by atoms with Crippen LogP contribution in [0.3, 0.4) is 0 Å². The maximum absolute atomic E-state index is 13.5. The standard InChI is InChI=1S/C35H32N2O6/c1-23-9-8-10-24(19-23)13-18-30(38)26-14-16-28(17-15-26)36-35(40)29(37-34(39)27-11-6-5-7-12-27)20-25-21-31(41-2)33(43-4)32(22-25)42-3/h5-22H,1-4H3,(H,36,40)(H,37,39)/b18-13+,29-20-. The lowest BCUT2D eigenvalue weighted by Gasteiger charge is -2.14. The summed E-state index contributed by atoms with van der Waals surface area (Å²) in [5, 5.41) is 5.50. The van der Waals surface area contributed by atoms with Crippen LogP contribution in [0.4, 0.5) is 5.69 Å². The van der Waals surface area contributed by atoms with E-state index in [-0.39, 0.29) is 11.5 Å². The lowest BCUT2D eigenvalue weighted by atomic mass is 10.1. The van der Waals surface area contributed by atoms with Gasteiger partial charge in [0.1, 0.15) is 5.70 Å². The Morgan fingerprint density at radius 2 is 1.37 bits per heavy atom. The van der Waals surface area contributed by atoms with Crippen molar-refractivity contribution in [2.45, 2.75) is 6.92 Å². The maximum atomic E-state index is 13.5. The average molecular weight is 577 g/mol. The molecule has 2 amide bonds. The smallest absolute Gasteiger partial charge is 0.272 e. The van der Waals surface area contributed by atoms with Crippen molar-refractivity contribution in [1.29, 1.82) is 0 Å². The lowest BCUT2D eigenvalue weighted by molar-refractivity contribution is -0.113. The first-order valence-electron chi connectivity index (χ1n) is 13.4. The van der Waals surface area contributed by atoms with Crippen molar-refractivity contribution >= 4 is 35.4 Å². The van der Waals surface area contributed by atoms with Crippen LogP contribution >= 0.6 is 0 Å². The van der Waals surface area contributed by atoms with Crippen LogP contribution in [0.5, 0.6) is 17.2 Å². The summed E-state index contributed by atoms with van der Waals surface area (Å²) in [6.45, 7) is 1.99. The molecule has 218 valence electrons. The van der Waals surface area contributed by atoms with Gasteiger partial charge in [-0.1, -0.05) is 54.1 Å². The van der Waals surface area contributed by atoms with E-state index in [0.29, 0.717) is 39.6 Å². The molecule has 0 radical (unpaired) electrons. The number of ketones is 1. The SMILES string of the molecule is COc1cc(/C=C(\NC(=O)c2ccccc2)C(=O)Nc2ccc(C(=O)/C=C/c3cccc(C)c3)cc2)cc(OC)c1OC. The van der Waals surface area contributed by atoms with Gasteiger partial charge in [-0.05, 0) is 78.7 Å². The number of benzene rings is 4. The Morgan fingerprint density at radius 1 is 0.698 bits per heavy atom. The summed E-state index contributed by atoms with van der Waals surface area (Å²) in [6.07, 6.45) is 4.79. The van der Waals surface area contributed by atoms with Crippen LogP contribution in [0.15, 0.2) is 103 Å². The van der Waals surface area contributed by atoms with E-state index in [4.69, 9.17) is 14.2 Å². The Bertz CT molecular complexity index is 1650. The number of anilines is 1. The van der Waals surface area contributed by atoms with Gasteiger partial charge >= 0.3 is 0 Å². The molecule has 8 nitrogen and oxygen atoms in total. The fourth-order valence-electron chi connectivity index (χ4n) is 4.25. The molecular formula is C35H32N2O6. The molecule has 0 saturated carbocycles. The van der Waals surface area contributed by atoms with E-state index in [1.54, 1.807) is 72.8 Å². The van der Waals surface area contributed by atoms with E-state index in [9.17, 15) is 14.4 Å². The Kier molecular flexibility index (Phi) is 10.1. The summed E-state index contributed by atoms with van der Waals surface area (Å²) in [6, 6.07) is 26.2. The largest absolute Gasteiger partial charge is 0.493 e. The minimum absolute atomic E-state index is 0.0237. The van der Waals surface area contributed by atoms with Crippen LogP contribution < -0.4 is 24.8 Å². The van der Waals surface area contributed by atoms with Gasteiger partial charge < -0.3 is 24.8 Å². The van der Waals surface area contributed by atoms with Gasteiger partial charge in [0, 0.05) is 16.8 Å². The maximum Gasteiger partial charge on any atom is 0.272 e. The van der Waals surface area contributed by atoms with Gasteiger partial charge in [0.15, 0.2) is 17.3 Å². The number of hydrogen-bond acceptors (Lipinski definition) is 6. The van der Waals surface area contributed by atoms with Gasteiger partial charge in [-0.15, -0.1) is 0 Å². The number of carbonyl (C=O) groups excluding carboxylic acids is 3. The Labute approximate surface area is 250 Å². The second-order valence-corrected chi connectivity index (χ2v) is 9.48. The van der Waals surface area contributed by atoms with Crippen LogP contribution in [0.1, 0.15) is 37.4 Å². The quantitative estimate of drug-likeness (QED) is 0.160. The summed E-state index contributed by atoms with van der Waals surface area (Å²) < 4.78 is 16.3. The van der Waals surface area contributed by atoms with Crippen molar-refractivity contribution in [1.82, 2.24) is 5.32 Å². The average Bonchev–Trinajstić information content (AvgIpc) is 3.03. The summed E-state index contributed by atoms with van der Waals surface area (Å²) in [7, 11) is 4.47. The number of carbonyl (C=O) groups is 3. The molecule has 0 atom stereocenters. The molecule has 0 spiro atoms. The van der Waals surface area contributed by atoms with Crippen LogP contribution in [-0.4, -0.2) is 38.9 Å². The predicted molar refractivity (Wildman–Crippen MR) is 168 cm³/mol. The van der Waals surface area contributed by atoms with E-state index in [0.717, 1.165) is 11.1 Å². The van der Waals surface area contributed by atoms with E-state index in [1.807, 2.05) is 31.2 Å². The first-order chi connectivity index (χ1) is 20.8. The second kappa shape index (κ2) is 14.3. The van der Waals surface area contributed by atoms with Gasteiger partial charge in [-0.2, -0.15) is 0 Å². The number of methoxy groups -OCH3 is 3. The zero-order valence-corrected chi connectivity index (χ0v) is 24.3. The second-order valence-electron chi connectivity index (χ2n) is 9.48. The zero-order chi connectivity index (χ0) is 30.8. The highest BCUT2D eigenvalue weighted by Gasteiger charge is 2.18. The Balaban J connectivity index is 1.58. The first kappa shape index (κ1) is 30.3. The van der Waals surface area contributed by atoms with Gasteiger partial charge in [0.25, 0.3) is 11.8 Å². The summed E-state index contributed by atoms with van der Waals surface area (Å²) >= 11 is 0. The molecule has 0 unspecified atom stereocenters. The monoisotopic (exact) mass is 576 g/mol. The number of hydrogen-bond donors (Lipinski definition) is 2. The number of ether oxygens (including phenoxy) is 3. The van der Waals surface area contributed by atoms with Crippen LogP contribution in [0.2, 0.25) is 0 Å². The molecule has 43 heavy (non-hydrogen) atoms. The van der Waals surface area contributed by atoms with Crippen molar-refractivity contribution in [3.63, 3.8) is 0 Å². The predicted octanol–water partition coefficient (Wildman–Crippen LogP) is 6.33. The van der Waals surface area contributed by atoms with Crippen LogP contribution in [-0.2, 0) is 4.79 Å². The van der Waals surface area contributed by atoms with Crippen molar-refractivity contribution in [2.75, 3.05) is 26.6 Å². The molecule has 4 aromatic carbocycles. The lowest BCUT2D eigenvalue weighted by Crippen LogP contribution is -2.30. The van der Waals surface area contributed by atoms with E-state index >= 15 is 0 Å². The van der Waals surface area contributed by atoms with Gasteiger partial charge in [-0.3, -0.25) is 14.4 Å². The Morgan fingerprint density at radius 3 is 1.98 bits per heavy atom. The molecule has 0 aromatic heterocycles. The van der Waals surface area contributed by atoms with Crippen molar-refractivity contribution in [2.24, 2.45) is 0 Å². The highest BCUT2D eigenvalue weighted by Crippen LogP contribution is 2.38. The molecule has 0 aliphatic carbocycles. The molecule has 4 rings (SSSR count). The van der Waals surface area contributed by atoms with Gasteiger partial charge in [-0.25, -0.2) is 0 Å². The fraction of sp³-hybridized carbons (Fsp3) is 0.114. The van der Waals surface area contributed by atoms with Crippen molar-refractivity contribution in [3.8, 4) is 17.2 Å². The van der Waals surface area contributed by atoms with Gasteiger partial charge in [0.2, 0.25) is 5.75 Å². The zero-order valence-electron chi connectivity index (χ0n) is 24.3. The van der Waals surface area contributed by atoms with Crippen LogP contribution in [0.25, 0.3) is 12.2 Å². The van der Waals surface area contributed by atoms with Crippen molar-refractivity contribution in [3.05, 3.63) is 131 Å². The third-order valence-electron chi connectivity index (χ3n) is 6.42. The fourth-order valence-corrected chi connectivity index (χ4v) is 4.25. The molecule has 0 fully saturated rings. The first-order valence-corrected chi connectivity index (χ1v) is 13.4. The molecule has 8 heteroatoms. The van der Waals surface area contributed by atoms with E-state index in [2.05, 4.69) is 10.6 Å². The summed E-state index contributed by atoms with van der Waals surface area (Å²) in [5.74, 6) is -0.0348. The molecule has 0 heterocycles. The molecular weight excluding hydrogens is 544 g/mol. The normalized spacial score (nSPS) is 11.1. The highest BCUT2D eigenvalue weighted by molar-refractivity contribution is 6.11. The Hall–Kier alpha value is -5.63. The minimum atomic E-state index is -0.573. The number of amides is 2. The molecule has 0 aliphatic rings. The number of rotatable bonds is 11. The molecule has 2 N–H and O–H groups in total. The molecule has 4 aromatic rings. The third-order valence-corrected chi connectivity index (χ3v) is 6.42. The molecule has 0 saturated heterocycles. The van der Waals surface area contributed by atoms with Crippen molar-refractivity contribution < 1.29 is 28.6 Å². The molecule has 0 aliphatic heterocycles. The summed E-state index contributed by atoms with van der Waals surface area (Å²) in [4.78, 5) is 39.2. The highest BCUT2D eigenvalue weighted by atomic mass is 16.5. The summed E-state index contributed by atoms with van der Waals surface area (Å²) in [5.41, 5.74) is 3.82. The number of aryl methyl sites for hydroxylation is 1. The number of nitrogens with one attached hydrogen (secondary N) is 2. The van der Waals surface area contributed by atoms with Gasteiger partial charge in [0.05, 0.1) is 21.3 Å². The number of allylic oxidation sites excluding steroid dienone is 1. The van der Waals surface area contributed by atoms with E-state index in [1.165, 1.54) is 33.5 Å². The minimum Gasteiger partial charge on any atom is -0.493 e. The molecule has 0 bridgehead atoms. The van der Waals surface area contributed by atoms with Crippen LogP contribution in [0, 0.1) is 6.92 Å². The third kappa shape index (κ3) is 7.98. The topological polar surface area (TPSA) is 103 Å². The van der Waals surface area contributed by atoms with E-state index < -0.39 is 11.8 Å².